The van der Waals surface area contributed by atoms with E-state index in [1.54, 1.807) is 37.2 Å². The summed E-state index contributed by atoms with van der Waals surface area (Å²) in [6.07, 6.45) is 2.18. The second-order valence-electron chi connectivity index (χ2n) is 9.30. The van der Waals surface area contributed by atoms with Gasteiger partial charge in [0.25, 0.3) is 0 Å². The third-order valence-corrected chi connectivity index (χ3v) is 7.65. The van der Waals surface area contributed by atoms with Crippen LogP contribution in [0.4, 0.5) is 11.4 Å². The Morgan fingerprint density at radius 2 is 1.73 bits per heavy atom. The maximum atomic E-state index is 6.44. The number of nitrogens with one attached hydrogen (secondary N) is 1. The number of morpholine rings is 1. The molecule has 1 aliphatic heterocycles. The van der Waals surface area contributed by atoms with Gasteiger partial charge in [0.1, 0.15) is 0 Å². The molecule has 0 aliphatic carbocycles. The molecule has 0 spiro atoms. The number of nitrogens with zero attached hydrogens (tertiary/aromatic N) is 5. The fourth-order valence-corrected chi connectivity index (χ4v) is 5.21. The molecule has 5 rings (SSSR count). The van der Waals surface area contributed by atoms with Gasteiger partial charge >= 0.3 is 0 Å². The van der Waals surface area contributed by atoms with Crippen molar-refractivity contribution in [3.63, 3.8) is 0 Å². The zero-order chi connectivity index (χ0) is 28.8. The van der Waals surface area contributed by atoms with Crippen molar-refractivity contribution in [3.05, 3.63) is 92.4 Å². The van der Waals surface area contributed by atoms with E-state index in [1.165, 1.54) is 0 Å². The molecule has 1 aliphatic rings. The Labute approximate surface area is 253 Å². The molecule has 1 saturated heterocycles. The van der Waals surface area contributed by atoms with Crippen molar-refractivity contribution in [2.24, 2.45) is 5.10 Å². The van der Waals surface area contributed by atoms with Crippen LogP contribution in [-0.2, 0) is 17.8 Å². The van der Waals surface area contributed by atoms with E-state index in [1.807, 2.05) is 53.2 Å². The molecule has 0 radical (unpaired) electrons. The van der Waals surface area contributed by atoms with E-state index in [9.17, 15) is 0 Å². The average Bonchev–Trinajstić information content (AvgIpc) is 3.28. The van der Waals surface area contributed by atoms with Crippen LogP contribution in [0.15, 0.2) is 65.8 Å². The summed E-state index contributed by atoms with van der Waals surface area (Å²) >= 11 is 18.8. The second-order valence-corrected chi connectivity index (χ2v) is 10.5. The van der Waals surface area contributed by atoms with E-state index >= 15 is 0 Å². The Balaban J connectivity index is 1.50. The van der Waals surface area contributed by atoms with Gasteiger partial charge in [0, 0.05) is 25.2 Å². The summed E-state index contributed by atoms with van der Waals surface area (Å²) in [4.78, 5) is 2.26. The first-order valence-corrected chi connectivity index (χ1v) is 14.2. The molecule has 4 aromatic rings. The molecule has 12 heteroatoms. The first-order chi connectivity index (χ1) is 20.0. The molecule has 0 bridgehead atoms. The van der Waals surface area contributed by atoms with Crippen LogP contribution in [0, 0.1) is 4.77 Å². The summed E-state index contributed by atoms with van der Waals surface area (Å²) in [6.45, 7) is 3.53. The highest BCUT2D eigenvalue weighted by Gasteiger charge is 2.18. The number of benzene rings is 3. The average molecular weight is 614 g/mol. The summed E-state index contributed by atoms with van der Waals surface area (Å²) in [5.74, 6) is 1.93. The van der Waals surface area contributed by atoms with Crippen molar-refractivity contribution in [3.8, 4) is 11.5 Å². The minimum Gasteiger partial charge on any atom is -0.493 e. The van der Waals surface area contributed by atoms with E-state index in [-0.39, 0.29) is 0 Å². The van der Waals surface area contributed by atoms with Gasteiger partial charge in [-0.05, 0) is 59.7 Å². The number of ether oxygens (including phenoxy) is 3. The van der Waals surface area contributed by atoms with Crippen LogP contribution in [0.2, 0.25) is 10.0 Å². The zero-order valence-electron chi connectivity index (χ0n) is 22.7. The van der Waals surface area contributed by atoms with Crippen LogP contribution in [0.25, 0.3) is 0 Å². The molecule has 0 amide bonds. The Morgan fingerprint density at radius 3 is 2.46 bits per heavy atom. The van der Waals surface area contributed by atoms with Crippen LogP contribution in [-0.4, -0.2) is 66.1 Å². The van der Waals surface area contributed by atoms with Crippen molar-refractivity contribution in [1.82, 2.24) is 19.4 Å². The van der Waals surface area contributed by atoms with Crippen molar-refractivity contribution in [2.75, 3.05) is 45.8 Å². The predicted octanol–water partition coefficient (Wildman–Crippen LogP) is 6.24. The summed E-state index contributed by atoms with van der Waals surface area (Å²) in [7, 11) is 3.20. The molecule has 1 fully saturated rings. The molecule has 0 atom stereocenters. The van der Waals surface area contributed by atoms with Crippen LogP contribution in [0.1, 0.15) is 17.0 Å². The molecule has 9 nitrogen and oxygen atoms in total. The number of hydrogen-bond acceptors (Lipinski definition) is 8. The highest BCUT2D eigenvalue weighted by atomic mass is 35.5. The number of aromatic nitrogens is 3. The molecule has 1 aromatic heterocycles. The maximum absolute atomic E-state index is 6.44. The Bertz CT molecular complexity index is 1580. The second kappa shape index (κ2) is 13.5. The predicted molar refractivity (Wildman–Crippen MR) is 165 cm³/mol. The fraction of sp³-hybridized carbons (Fsp3) is 0.276. The minimum absolute atomic E-state index is 0.453. The van der Waals surface area contributed by atoms with Crippen molar-refractivity contribution >= 4 is 53.0 Å². The van der Waals surface area contributed by atoms with E-state index in [0.29, 0.717) is 64.1 Å². The van der Waals surface area contributed by atoms with Crippen LogP contribution >= 0.6 is 35.4 Å². The molecular weight excluding hydrogens is 583 g/mol. The molecule has 1 N–H and O–H groups in total. The van der Waals surface area contributed by atoms with Crippen molar-refractivity contribution < 1.29 is 14.2 Å². The normalized spacial score (nSPS) is 14.0. The molecule has 2 heterocycles. The molecule has 0 saturated carbocycles. The lowest BCUT2D eigenvalue weighted by Gasteiger charge is -2.25. The number of hydrogen-bond donors (Lipinski definition) is 1. The Kier molecular flexibility index (Phi) is 9.58. The smallest absolute Gasteiger partial charge is 0.220 e. The topological polar surface area (TPSA) is 78.1 Å². The molecular formula is C29H30Cl2N6O3S. The lowest BCUT2D eigenvalue weighted by molar-refractivity contribution is 0.0209. The van der Waals surface area contributed by atoms with Crippen LogP contribution < -0.4 is 14.8 Å². The van der Waals surface area contributed by atoms with Crippen molar-refractivity contribution in [2.45, 2.75) is 13.1 Å². The molecule has 0 unspecified atom stereocenters. The van der Waals surface area contributed by atoms with Gasteiger partial charge in [-0.2, -0.15) is 14.9 Å². The monoisotopic (exact) mass is 612 g/mol. The maximum Gasteiger partial charge on any atom is 0.220 e. The summed E-state index contributed by atoms with van der Waals surface area (Å²) in [5, 5.41) is 14.1. The summed E-state index contributed by atoms with van der Waals surface area (Å²) in [6, 6.07) is 18.9. The lowest BCUT2D eigenvalue weighted by atomic mass is 10.1. The number of halogens is 2. The summed E-state index contributed by atoms with van der Waals surface area (Å²) < 4.78 is 20.3. The molecule has 41 heavy (non-hydrogen) atoms. The Morgan fingerprint density at radius 1 is 1.00 bits per heavy atom. The van der Waals surface area contributed by atoms with Gasteiger partial charge in [-0.1, -0.05) is 47.5 Å². The van der Waals surface area contributed by atoms with Gasteiger partial charge in [0.05, 0.1) is 56.0 Å². The van der Waals surface area contributed by atoms with Gasteiger partial charge < -0.3 is 19.5 Å². The number of para-hydroxylation sites is 2. The highest BCUT2D eigenvalue weighted by Crippen LogP contribution is 2.34. The number of anilines is 2. The van der Waals surface area contributed by atoms with Gasteiger partial charge in [-0.15, -0.1) is 0 Å². The minimum atomic E-state index is 0.453. The van der Waals surface area contributed by atoms with Crippen LogP contribution in [0.3, 0.4) is 0 Å². The van der Waals surface area contributed by atoms with E-state index in [0.717, 1.165) is 29.9 Å². The first-order valence-electron chi connectivity index (χ1n) is 13.0. The zero-order valence-corrected chi connectivity index (χ0v) is 25.0. The standard InChI is InChI=1S/C29H30Cl2N6O3S/c1-38-25-11-10-20(16-26(25)39-2)18-32-37-27(34-36(29(37)41)19-35-12-14-40-15-13-35)17-21-6-3-4-9-24(21)33-28-22(30)7-5-8-23(28)31/h3-11,16,18,33H,12-15,17,19H2,1-2H3/b32-18+. The van der Waals surface area contributed by atoms with Crippen LogP contribution in [0.5, 0.6) is 11.5 Å². The number of rotatable bonds is 10. The lowest BCUT2D eigenvalue weighted by Crippen LogP contribution is -2.37. The summed E-state index contributed by atoms with van der Waals surface area (Å²) in [5.41, 5.74) is 3.30. The number of methoxy groups -OCH3 is 2. The SMILES string of the molecule is COc1ccc(/C=N/n2c(Cc3ccccc3Nc3c(Cl)cccc3Cl)nn(CN3CCOCC3)c2=S)cc1OC. The largest absolute Gasteiger partial charge is 0.493 e. The quantitative estimate of drug-likeness (QED) is 0.168. The molecule has 214 valence electrons. The van der Waals surface area contributed by atoms with Gasteiger partial charge in [0.15, 0.2) is 17.3 Å². The first kappa shape index (κ1) is 29.1. The highest BCUT2D eigenvalue weighted by molar-refractivity contribution is 7.71. The molecule has 3 aromatic carbocycles. The van der Waals surface area contributed by atoms with Gasteiger partial charge in [-0.3, -0.25) is 4.90 Å². The van der Waals surface area contributed by atoms with Gasteiger partial charge in [0.2, 0.25) is 4.77 Å². The van der Waals surface area contributed by atoms with Gasteiger partial charge in [-0.25, -0.2) is 4.68 Å². The van der Waals surface area contributed by atoms with E-state index in [4.69, 9.17) is 59.8 Å². The third kappa shape index (κ3) is 6.91. The Hall–Kier alpha value is -3.41. The van der Waals surface area contributed by atoms with E-state index in [2.05, 4.69) is 10.2 Å². The fourth-order valence-electron chi connectivity index (χ4n) is 4.47. The van der Waals surface area contributed by atoms with E-state index < -0.39 is 0 Å². The third-order valence-electron chi connectivity index (χ3n) is 6.64. The van der Waals surface area contributed by atoms with Crippen molar-refractivity contribution in [1.29, 1.82) is 0 Å².